The Morgan fingerprint density at radius 1 is 1.11 bits per heavy atom. The average molecular weight is 389 g/mol. The fraction of sp³-hybridized carbons (Fsp3) is 0.478. The fourth-order valence-electron chi connectivity index (χ4n) is 2.92. The summed E-state index contributed by atoms with van der Waals surface area (Å²) in [5, 5.41) is 8.79. The number of aliphatic hydroxyl groups is 1. The van der Waals surface area contributed by atoms with Crippen molar-refractivity contribution in [3.63, 3.8) is 0 Å². The maximum absolute atomic E-state index is 12.9. The number of carbonyl (C=O) groups excluding carboxylic acids is 1. The summed E-state index contributed by atoms with van der Waals surface area (Å²) in [6.45, 7) is 8.53. The third-order valence-corrected chi connectivity index (χ3v) is 4.48. The number of anilines is 1. The van der Waals surface area contributed by atoms with Crippen molar-refractivity contribution in [2.45, 2.75) is 59.9 Å². The summed E-state index contributed by atoms with van der Waals surface area (Å²) < 4.78 is 12.9. The molecule has 0 saturated heterocycles. The molecule has 1 N–H and O–H groups in total. The molecule has 0 aliphatic rings. The Morgan fingerprint density at radius 3 is 2.14 bits per heavy atom. The molecular formula is C23H33FN2O2. The second kappa shape index (κ2) is 13.0. The topological polar surface area (TPSA) is 53.4 Å². The highest BCUT2D eigenvalue weighted by Gasteiger charge is 2.12. The number of halogens is 1. The Bertz CT molecular complexity index is 681. The Morgan fingerprint density at radius 2 is 1.71 bits per heavy atom. The highest BCUT2D eigenvalue weighted by molar-refractivity contribution is 5.91. The Kier molecular flexibility index (Phi) is 11.0. The molecule has 0 aliphatic carbocycles. The Hall–Kier alpha value is -2.27. The highest BCUT2D eigenvalue weighted by atomic mass is 19.1. The van der Waals surface area contributed by atoms with Crippen molar-refractivity contribution in [1.29, 1.82) is 0 Å². The lowest BCUT2D eigenvalue weighted by Crippen LogP contribution is -2.27. The summed E-state index contributed by atoms with van der Waals surface area (Å²) in [6.07, 6.45) is 6.51. The van der Waals surface area contributed by atoms with Gasteiger partial charge in [0.1, 0.15) is 5.82 Å². The van der Waals surface area contributed by atoms with E-state index in [1.54, 1.807) is 23.2 Å². The first-order valence-corrected chi connectivity index (χ1v) is 9.97. The summed E-state index contributed by atoms with van der Waals surface area (Å²) in [5.41, 5.74) is 2.54. The predicted molar refractivity (Wildman–Crippen MR) is 113 cm³/mol. The van der Waals surface area contributed by atoms with E-state index < -0.39 is 0 Å². The number of amides is 1. The van der Waals surface area contributed by atoms with E-state index >= 15 is 0 Å². The van der Waals surface area contributed by atoms with Crippen LogP contribution in [0, 0.1) is 18.7 Å². The van der Waals surface area contributed by atoms with Crippen LogP contribution in [0.25, 0.3) is 0 Å². The molecule has 4 nitrogen and oxygen atoms in total. The molecule has 0 atom stereocenters. The van der Waals surface area contributed by atoms with Gasteiger partial charge >= 0.3 is 0 Å². The average Bonchev–Trinajstić information content (AvgIpc) is 2.68. The van der Waals surface area contributed by atoms with Crippen molar-refractivity contribution in [2.24, 2.45) is 5.92 Å². The zero-order chi connectivity index (χ0) is 20.9. The third kappa shape index (κ3) is 8.61. The molecule has 0 unspecified atom stereocenters. The smallest absolute Gasteiger partial charge is 0.224 e. The van der Waals surface area contributed by atoms with Crippen LogP contribution < -0.4 is 4.90 Å². The van der Waals surface area contributed by atoms with Gasteiger partial charge in [-0.3, -0.25) is 9.78 Å². The van der Waals surface area contributed by atoms with Crippen LogP contribution in [0.4, 0.5) is 10.1 Å². The van der Waals surface area contributed by atoms with Crippen LogP contribution >= 0.6 is 0 Å². The van der Waals surface area contributed by atoms with Crippen molar-refractivity contribution in [2.75, 3.05) is 11.5 Å². The molecule has 0 aliphatic heterocycles. The van der Waals surface area contributed by atoms with Gasteiger partial charge in [-0.2, -0.15) is 0 Å². The molecular weight excluding hydrogens is 355 g/mol. The van der Waals surface area contributed by atoms with Crippen LogP contribution in [-0.4, -0.2) is 22.6 Å². The monoisotopic (exact) mass is 388 g/mol. The summed E-state index contributed by atoms with van der Waals surface area (Å²) in [6, 6.07) is 9.72. The van der Waals surface area contributed by atoms with E-state index in [0.29, 0.717) is 24.8 Å². The quantitative estimate of drug-likeness (QED) is 0.669. The van der Waals surface area contributed by atoms with Crippen LogP contribution in [0.15, 0.2) is 42.6 Å². The van der Waals surface area contributed by atoms with Gasteiger partial charge in [0.05, 0.1) is 6.54 Å². The number of aromatic nitrogens is 1. The summed E-state index contributed by atoms with van der Waals surface area (Å²) >= 11 is 0. The molecule has 0 spiro atoms. The number of rotatable bonds is 8. The minimum absolute atomic E-state index is 0.0906. The lowest BCUT2D eigenvalue weighted by molar-refractivity contribution is -0.116. The number of aliphatic hydroxyl groups excluding tert-OH is 1. The molecule has 28 heavy (non-hydrogen) atoms. The molecule has 5 heteroatoms. The van der Waals surface area contributed by atoms with Gasteiger partial charge in [0, 0.05) is 31.1 Å². The zero-order valence-electron chi connectivity index (χ0n) is 17.5. The van der Waals surface area contributed by atoms with Gasteiger partial charge in [-0.1, -0.05) is 32.8 Å². The second-order valence-corrected chi connectivity index (χ2v) is 7.02. The number of pyridine rings is 1. The number of nitrogens with zero attached hydrogens (tertiary/aromatic N) is 2. The minimum atomic E-state index is -0.316. The molecule has 154 valence electrons. The van der Waals surface area contributed by atoms with Gasteiger partial charge in [-0.25, -0.2) is 4.39 Å². The number of aryl methyl sites for hydroxylation is 1. The summed E-state index contributed by atoms with van der Waals surface area (Å²) in [4.78, 5) is 17.5. The maximum atomic E-state index is 12.9. The van der Waals surface area contributed by atoms with E-state index in [-0.39, 0.29) is 11.7 Å². The van der Waals surface area contributed by atoms with Gasteiger partial charge in [-0.05, 0) is 61.6 Å². The fourth-order valence-corrected chi connectivity index (χ4v) is 2.92. The number of hydrogen-bond donors (Lipinski definition) is 1. The number of benzene rings is 1. The lowest BCUT2D eigenvalue weighted by Gasteiger charge is -2.21. The van der Waals surface area contributed by atoms with E-state index in [9.17, 15) is 9.18 Å². The standard InChI is InChI=1S/C15H15FN2O.C8H18O/c1-11-3-4-13(9-17-11)10-18(12(2)19)15-7-5-14(16)6-8-15;1-3-5-8(7-9)6-4-2/h3-9H,10H2,1-2H3;8-9H,3-7H2,1-2H3. The SMILES string of the molecule is CC(=O)N(Cc1ccc(C)nc1)c1ccc(F)cc1.CCCC(CO)CCC. The molecule has 2 rings (SSSR count). The first-order chi connectivity index (χ1) is 13.4. The van der Waals surface area contributed by atoms with E-state index in [0.717, 1.165) is 11.3 Å². The van der Waals surface area contributed by atoms with Gasteiger partial charge in [-0.15, -0.1) is 0 Å². The summed E-state index contributed by atoms with van der Waals surface area (Å²) in [5.74, 6) is 0.163. The molecule has 0 radical (unpaired) electrons. The van der Waals surface area contributed by atoms with Gasteiger partial charge in [0.25, 0.3) is 0 Å². The van der Waals surface area contributed by atoms with Crippen molar-refractivity contribution in [1.82, 2.24) is 4.98 Å². The molecule has 0 saturated carbocycles. The second-order valence-electron chi connectivity index (χ2n) is 7.02. The third-order valence-electron chi connectivity index (χ3n) is 4.48. The molecule has 1 heterocycles. The largest absolute Gasteiger partial charge is 0.396 e. The predicted octanol–water partition coefficient (Wildman–Crippen LogP) is 5.28. The molecule has 0 bridgehead atoms. The number of carbonyl (C=O) groups is 1. The maximum Gasteiger partial charge on any atom is 0.224 e. The van der Waals surface area contributed by atoms with Gasteiger partial charge in [0.2, 0.25) is 5.91 Å². The molecule has 1 aromatic carbocycles. The minimum Gasteiger partial charge on any atom is -0.396 e. The van der Waals surface area contributed by atoms with Crippen LogP contribution in [-0.2, 0) is 11.3 Å². The van der Waals surface area contributed by atoms with Gasteiger partial charge < -0.3 is 10.0 Å². The number of hydrogen-bond acceptors (Lipinski definition) is 3. The lowest BCUT2D eigenvalue weighted by atomic mass is 10.00. The van der Waals surface area contributed by atoms with E-state index in [2.05, 4.69) is 18.8 Å². The van der Waals surface area contributed by atoms with E-state index in [1.165, 1.54) is 44.7 Å². The zero-order valence-corrected chi connectivity index (χ0v) is 17.5. The van der Waals surface area contributed by atoms with Crippen LogP contribution in [0.3, 0.4) is 0 Å². The van der Waals surface area contributed by atoms with E-state index in [4.69, 9.17) is 5.11 Å². The Labute approximate surface area is 168 Å². The van der Waals surface area contributed by atoms with Crippen molar-refractivity contribution in [3.8, 4) is 0 Å². The van der Waals surface area contributed by atoms with Crippen LogP contribution in [0.1, 0.15) is 57.7 Å². The van der Waals surface area contributed by atoms with Gasteiger partial charge in [0.15, 0.2) is 0 Å². The normalized spacial score (nSPS) is 10.4. The van der Waals surface area contributed by atoms with Crippen LogP contribution in [0.5, 0.6) is 0 Å². The van der Waals surface area contributed by atoms with E-state index in [1.807, 2.05) is 19.1 Å². The molecule has 1 amide bonds. The summed E-state index contributed by atoms with van der Waals surface area (Å²) in [7, 11) is 0. The molecule has 2 aromatic rings. The molecule has 1 aromatic heterocycles. The molecule has 0 fully saturated rings. The van der Waals surface area contributed by atoms with Crippen molar-refractivity contribution >= 4 is 11.6 Å². The highest BCUT2D eigenvalue weighted by Crippen LogP contribution is 2.18. The first kappa shape index (κ1) is 23.8. The van der Waals surface area contributed by atoms with Crippen LogP contribution in [0.2, 0.25) is 0 Å². The Balaban J connectivity index is 0.000000370. The van der Waals surface area contributed by atoms with Crippen molar-refractivity contribution in [3.05, 3.63) is 59.7 Å². The van der Waals surface area contributed by atoms with Crippen molar-refractivity contribution < 1.29 is 14.3 Å². The first-order valence-electron chi connectivity index (χ1n) is 9.97.